The zero-order valence-electron chi connectivity index (χ0n) is 12.7. The van der Waals surface area contributed by atoms with Gasteiger partial charge in [-0.1, -0.05) is 0 Å². The van der Waals surface area contributed by atoms with Gasteiger partial charge in [-0.2, -0.15) is 4.98 Å². The Balaban J connectivity index is 1.88. The quantitative estimate of drug-likeness (QED) is 0.680. The minimum Gasteiger partial charge on any atom is -0.492 e. The molecule has 1 saturated heterocycles. The first kappa shape index (κ1) is 14.9. The summed E-state index contributed by atoms with van der Waals surface area (Å²) in [5.74, 6) is 2.16. The molecule has 4 rings (SSSR count). The molecule has 3 heterocycles. The maximum absolute atomic E-state index is 6.02. The van der Waals surface area contributed by atoms with Gasteiger partial charge in [0.05, 0.1) is 12.3 Å². The summed E-state index contributed by atoms with van der Waals surface area (Å²) >= 11 is 2.29. The average molecular weight is 423 g/mol. The summed E-state index contributed by atoms with van der Waals surface area (Å²) in [5.41, 5.74) is 9.08. The third-order valence-corrected chi connectivity index (χ3v) is 4.90. The van der Waals surface area contributed by atoms with E-state index in [0.717, 1.165) is 64.6 Å². The molecule has 0 atom stereocenters. The number of aromatic nitrogens is 2. The van der Waals surface area contributed by atoms with Crippen LogP contribution in [0.3, 0.4) is 0 Å². The fourth-order valence-corrected chi connectivity index (χ4v) is 3.62. The third kappa shape index (κ3) is 2.83. The number of halogens is 1. The number of rotatable bonds is 1. The molecule has 0 unspecified atom stereocenters. The number of nitrogens with zero attached hydrogens (tertiary/aromatic N) is 3. The highest BCUT2D eigenvalue weighted by molar-refractivity contribution is 14.1. The van der Waals surface area contributed by atoms with Gasteiger partial charge in [-0.05, 0) is 40.8 Å². The van der Waals surface area contributed by atoms with Gasteiger partial charge < -0.3 is 20.7 Å². The van der Waals surface area contributed by atoms with E-state index in [1.54, 1.807) is 0 Å². The smallest absolute Gasteiger partial charge is 0.222 e. The number of nitrogens with two attached hydrogens (primary N) is 1. The molecular weight excluding hydrogens is 405 g/mol. The summed E-state index contributed by atoms with van der Waals surface area (Å²) in [4.78, 5) is 11.4. The molecule has 1 aromatic carbocycles. The number of nitrogens with one attached hydrogen (secondary N) is 1. The van der Waals surface area contributed by atoms with Crippen molar-refractivity contribution in [1.82, 2.24) is 15.3 Å². The number of hydrogen-bond donors (Lipinski definition) is 2. The van der Waals surface area contributed by atoms with E-state index in [4.69, 9.17) is 10.5 Å². The predicted octanol–water partition coefficient (Wildman–Crippen LogP) is 1.67. The average Bonchev–Trinajstić information content (AvgIpc) is 2.74. The van der Waals surface area contributed by atoms with Crippen molar-refractivity contribution in [2.75, 3.05) is 43.4 Å². The Morgan fingerprint density at radius 2 is 2.04 bits per heavy atom. The van der Waals surface area contributed by atoms with E-state index >= 15 is 0 Å². The number of fused-ring (bicyclic) bond motifs is 3. The van der Waals surface area contributed by atoms with Gasteiger partial charge in [0.15, 0.2) is 0 Å². The molecular formula is C16H18IN5O. The maximum Gasteiger partial charge on any atom is 0.222 e. The number of hydrogen-bond acceptors (Lipinski definition) is 6. The molecule has 0 aliphatic carbocycles. The molecule has 0 radical (unpaired) electrons. The second-order valence-corrected chi connectivity index (χ2v) is 6.95. The van der Waals surface area contributed by atoms with E-state index in [2.05, 4.69) is 54.9 Å². The SMILES string of the molecule is Nc1nc2c(c(N3CCNCC3)n1)CCOc1cc(I)ccc1-2. The van der Waals surface area contributed by atoms with Crippen LogP contribution >= 0.6 is 22.6 Å². The molecule has 0 bridgehead atoms. The van der Waals surface area contributed by atoms with Crippen molar-refractivity contribution in [2.45, 2.75) is 6.42 Å². The lowest BCUT2D eigenvalue weighted by atomic mass is 10.0. The van der Waals surface area contributed by atoms with Crippen molar-refractivity contribution in [3.63, 3.8) is 0 Å². The van der Waals surface area contributed by atoms with Crippen LogP contribution in [-0.4, -0.2) is 42.8 Å². The van der Waals surface area contributed by atoms with Gasteiger partial charge >= 0.3 is 0 Å². The zero-order chi connectivity index (χ0) is 15.8. The van der Waals surface area contributed by atoms with Crippen molar-refractivity contribution < 1.29 is 4.74 Å². The molecule has 2 aliphatic rings. The minimum absolute atomic E-state index is 0.323. The summed E-state index contributed by atoms with van der Waals surface area (Å²) in [5, 5.41) is 3.37. The van der Waals surface area contributed by atoms with E-state index < -0.39 is 0 Å². The van der Waals surface area contributed by atoms with Crippen LogP contribution in [0.4, 0.5) is 11.8 Å². The van der Waals surface area contributed by atoms with E-state index in [1.807, 2.05) is 6.07 Å². The van der Waals surface area contributed by atoms with Gasteiger partial charge in [-0.15, -0.1) is 0 Å². The summed E-state index contributed by atoms with van der Waals surface area (Å²) < 4.78 is 7.10. The van der Waals surface area contributed by atoms with Crippen molar-refractivity contribution in [1.29, 1.82) is 0 Å². The lowest BCUT2D eigenvalue weighted by Crippen LogP contribution is -2.44. The van der Waals surface area contributed by atoms with Crippen LogP contribution in [0.5, 0.6) is 5.75 Å². The Hall–Kier alpha value is -1.61. The van der Waals surface area contributed by atoms with Crippen LogP contribution in [0.1, 0.15) is 5.56 Å². The van der Waals surface area contributed by atoms with Gasteiger partial charge in [-0.3, -0.25) is 0 Å². The van der Waals surface area contributed by atoms with E-state index in [1.165, 1.54) is 0 Å². The van der Waals surface area contributed by atoms with Crippen LogP contribution in [-0.2, 0) is 6.42 Å². The summed E-state index contributed by atoms with van der Waals surface area (Å²) in [6.45, 7) is 4.42. The van der Waals surface area contributed by atoms with Gasteiger partial charge in [0.25, 0.3) is 0 Å². The highest BCUT2D eigenvalue weighted by Crippen LogP contribution is 2.38. The summed E-state index contributed by atoms with van der Waals surface area (Å²) in [6, 6.07) is 6.18. The van der Waals surface area contributed by atoms with Crippen LogP contribution in [0.2, 0.25) is 0 Å². The molecule has 0 saturated carbocycles. The Kier molecular flexibility index (Phi) is 3.98. The Morgan fingerprint density at radius 3 is 2.87 bits per heavy atom. The second-order valence-electron chi connectivity index (χ2n) is 5.71. The molecule has 0 spiro atoms. The third-order valence-electron chi connectivity index (χ3n) is 4.23. The molecule has 0 amide bonds. The minimum atomic E-state index is 0.323. The van der Waals surface area contributed by atoms with Gasteiger partial charge in [0.1, 0.15) is 11.6 Å². The van der Waals surface area contributed by atoms with Gasteiger partial charge in [-0.25, -0.2) is 4.98 Å². The monoisotopic (exact) mass is 423 g/mol. The molecule has 7 heteroatoms. The lowest BCUT2D eigenvalue weighted by Gasteiger charge is -2.30. The number of nitrogen functional groups attached to an aromatic ring is 1. The molecule has 3 N–H and O–H groups in total. The molecule has 120 valence electrons. The van der Waals surface area contributed by atoms with E-state index in [9.17, 15) is 0 Å². The van der Waals surface area contributed by atoms with E-state index in [0.29, 0.717) is 12.6 Å². The van der Waals surface area contributed by atoms with Crippen LogP contribution < -0.4 is 20.7 Å². The first-order valence-corrected chi connectivity index (χ1v) is 8.85. The van der Waals surface area contributed by atoms with Crippen molar-refractivity contribution >= 4 is 34.4 Å². The Labute approximate surface area is 148 Å². The van der Waals surface area contributed by atoms with Crippen LogP contribution in [0.15, 0.2) is 18.2 Å². The maximum atomic E-state index is 6.02. The van der Waals surface area contributed by atoms with Crippen molar-refractivity contribution in [2.24, 2.45) is 0 Å². The number of benzene rings is 1. The number of piperazine rings is 1. The lowest BCUT2D eigenvalue weighted by molar-refractivity contribution is 0.326. The fraction of sp³-hybridized carbons (Fsp3) is 0.375. The normalized spacial score (nSPS) is 17.0. The van der Waals surface area contributed by atoms with E-state index in [-0.39, 0.29) is 0 Å². The Bertz CT molecular complexity index is 745. The standard InChI is InChI=1S/C16H18IN5O/c17-10-1-2-11-13(9-10)23-8-3-12-14(11)20-16(18)21-15(12)22-6-4-19-5-7-22/h1-2,9,19H,3-8H2,(H2,18,20,21). The Morgan fingerprint density at radius 1 is 1.22 bits per heavy atom. The molecule has 23 heavy (non-hydrogen) atoms. The molecule has 2 aliphatic heterocycles. The van der Waals surface area contributed by atoms with Crippen molar-refractivity contribution in [3.8, 4) is 17.0 Å². The predicted molar refractivity (Wildman–Crippen MR) is 98.9 cm³/mol. The second kappa shape index (κ2) is 6.12. The summed E-state index contributed by atoms with van der Waals surface area (Å²) in [7, 11) is 0. The number of ether oxygens (including phenoxy) is 1. The van der Waals surface area contributed by atoms with Gasteiger partial charge in [0.2, 0.25) is 5.95 Å². The molecule has 1 aromatic heterocycles. The molecule has 2 aromatic rings. The topological polar surface area (TPSA) is 76.3 Å². The largest absolute Gasteiger partial charge is 0.492 e. The fourth-order valence-electron chi connectivity index (χ4n) is 3.15. The zero-order valence-corrected chi connectivity index (χ0v) is 14.8. The highest BCUT2D eigenvalue weighted by Gasteiger charge is 2.25. The number of anilines is 2. The highest BCUT2D eigenvalue weighted by atomic mass is 127. The summed E-state index contributed by atoms with van der Waals surface area (Å²) in [6.07, 6.45) is 0.792. The van der Waals surface area contributed by atoms with Gasteiger partial charge in [0, 0.05) is 47.3 Å². The van der Waals surface area contributed by atoms with Crippen LogP contribution in [0, 0.1) is 3.57 Å². The molecule has 1 fully saturated rings. The first-order chi connectivity index (χ1) is 11.2. The van der Waals surface area contributed by atoms with Crippen LogP contribution in [0.25, 0.3) is 11.3 Å². The van der Waals surface area contributed by atoms with Crippen molar-refractivity contribution in [3.05, 3.63) is 27.3 Å². The first-order valence-electron chi connectivity index (χ1n) is 7.77. The molecule has 6 nitrogen and oxygen atoms in total.